The molecule has 0 spiro atoms. The third kappa shape index (κ3) is 4.27. The Morgan fingerprint density at radius 1 is 1.10 bits per heavy atom. The van der Waals surface area contributed by atoms with Crippen molar-refractivity contribution in [3.63, 3.8) is 0 Å². The van der Waals surface area contributed by atoms with Gasteiger partial charge in [-0.05, 0) is 30.7 Å². The molecule has 0 radical (unpaired) electrons. The highest BCUT2D eigenvalue weighted by Gasteiger charge is 2.04. The first kappa shape index (κ1) is 15.0. The monoisotopic (exact) mass is 282 g/mol. The lowest BCUT2D eigenvalue weighted by molar-refractivity contribution is 0.304. The zero-order valence-electron chi connectivity index (χ0n) is 12.2. The van der Waals surface area contributed by atoms with Gasteiger partial charge >= 0.3 is 0 Å². The van der Waals surface area contributed by atoms with Gasteiger partial charge in [0, 0.05) is 0 Å². The molecule has 0 saturated heterocycles. The highest BCUT2D eigenvalue weighted by Crippen LogP contribution is 2.24. The molecule has 0 fully saturated rings. The third-order valence-corrected chi connectivity index (χ3v) is 3.00. The predicted molar refractivity (Wildman–Crippen MR) is 82.5 cm³/mol. The summed E-state index contributed by atoms with van der Waals surface area (Å²) in [6, 6.07) is 13.6. The van der Waals surface area contributed by atoms with Crippen LogP contribution in [0.25, 0.3) is 0 Å². The smallest absolute Gasteiger partial charge is 0.135 e. The van der Waals surface area contributed by atoms with E-state index in [1.54, 1.807) is 13.2 Å². The van der Waals surface area contributed by atoms with Gasteiger partial charge in [0.15, 0.2) is 0 Å². The molecule has 3 heteroatoms. The van der Waals surface area contributed by atoms with Crippen LogP contribution in [-0.4, -0.2) is 18.8 Å². The number of methoxy groups -OCH3 is 1. The summed E-state index contributed by atoms with van der Waals surface area (Å²) in [5, 5.41) is 8.83. The second-order valence-electron chi connectivity index (χ2n) is 4.60. The molecule has 0 amide bonds. The van der Waals surface area contributed by atoms with Crippen molar-refractivity contribution in [2.75, 3.05) is 13.7 Å². The second-order valence-corrected chi connectivity index (χ2v) is 4.60. The van der Waals surface area contributed by atoms with E-state index in [2.05, 4.69) is 30.9 Å². The summed E-state index contributed by atoms with van der Waals surface area (Å²) in [6.07, 6.45) is 0. The van der Waals surface area contributed by atoms with E-state index >= 15 is 0 Å². The lowest BCUT2D eigenvalue weighted by Crippen LogP contribution is -1.98. The molecule has 2 aromatic rings. The minimum atomic E-state index is -0.186. The molecule has 2 rings (SSSR count). The van der Waals surface area contributed by atoms with Gasteiger partial charge in [-0.3, -0.25) is 0 Å². The molecule has 0 saturated carbocycles. The molecule has 0 bridgehead atoms. The molecule has 3 nitrogen and oxygen atoms in total. The first-order valence-corrected chi connectivity index (χ1v) is 6.69. The van der Waals surface area contributed by atoms with Gasteiger partial charge in [0.05, 0.1) is 12.7 Å². The van der Waals surface area contributed by atoms with Crippen LogP contribution in [0.2, 0.25) is 0 Å². The first-order valence-electron chi connectivity index (χ1n) is 6.69. The number of hydrogen-bond donors (Lipinski definition) is 1. The van der Waals surface area contributed by atoms with Gasteiger partial charge in [0.25, 0.3) is 0 Å². The van der Waals surface area contributed by atoms with Crippen molar-refractivity contribution in [3.05, 3.63) is 59.2 Å². The first-order chi connectivity index (χ1) is 10.2. The number of ether oxygens (including phenoxy) is 2. The second kappa shape index (κ2) is 7.37. The van der Waals surface area contributed by atoms with Crippen LogP contribution in [-0.2, 0) is 6.61 Å². The fourth-order valence-corrected chi connectivity index (χ4v) is 1.84. The SMILES string of the molecule is COc1ccc(OCc2ccc(C)cc2)c(C#CCO)c1. The predicted octanol–water partition coefficient (Wildman–Crippen LogP) is 2.93. The molecule has 0 aromatic heterocycles. The Kier molecular flexibility index (Phi) is 5.25. The van der Waals surface area contributed by atoms with Crippen LogP contribution in [0.4, 0.5) is 0 Å². The van der Waals surface area contributed by atoms with Crippen LogP contribution in [0, 0.1) is 18.8 Å². The molecule has 21 heavy (non-hydrogen) atoms. The van der Waals surface area contributed by atoms with Crippen molar-refractivity contribution in [1.82, 2.24) is 0 Å². The van der Waals surface area contributed by atoms with Gasteiger partial charge in [-0.1, -0.05) is 41.7 Å². The van der Waals surface area contributed by atoms with E-state index in [0.717, 1.165) is 5.56 Å². The molecule has 0 aliphatic rings. The van der Waals surface area contributed by atoms with Gasteiger partial charge < -0.3 is 14.6 Å². The van der Waals surface area contributed by atoms with E-state index in [1.165, 1.54) is 5.56 Å². The number of rotatable bonds is 4. The van der Waals surface area contributed by atoms with Gasteiger partial charge in [-0.15, -0.1) is 0 Å². The lowest BCUT2D eigenvalue weighted by Gasteiger charge is -2.10. The average Bonchev–Trinajstić information content (AvgIpc) is 2.52. The highest BCUT2D eigenvalue weighted by molar-refractivity contribution is 5.50. The van der Waals surface area contributed by atoms with Crippen LogP contribution in [0.1, 0.15) is 16.7 Å². The number of benzene rings is 2. The quantitative estimate of drug-likeness (QED) is 0.876. The largest absolute Gasteiger partial charge is 0.497 e. The lowest BCUT2D eigenvalue weighted by atomic mass is 10.1. The molecule has 0 aliphatic carbocycles. The summed E-state index contributed by atoms with van der Waals surface area (Å²) < 4.78 is 11.0. The molecular formula is C18H18O3. The van der Waals surface area contributed by atoms with E-state index in [4.69, 9.17) is 14.6 Å². The standard InChI is InChI=1S/C18H18O3/c1-14-5-7-15(8-6-14)13-21-18-10-9-17(20-2)12-16(18)4-3-11-19/h5-10,12,19H,11,13H2,1-2H3. The Hall–Kier alpha value is -2.44. The molecule has 0 aliphatic heterocycles. The van der Waals surface area contributed by atoms with E-state index in [1.807, 2.05) is 24.3 Å². The van der Waals surface area contributed by atoms with Crippen LogP contribution in [0.3, 0.4) is 0 Å². The minimum absolute atomic E-state index is 0.186. The van der Waals surface area contributed by atoms with Crippen molar-refractivity contribution < 1.29 is 14.6 Å². The maximum atomic E-state index is 8.83. The molecule has 0 atom stereocenters. The Labute approximate surface area is 125 Å². The topological polar surface area (TPSA) is 38.7 Å². The van der Waals surface area contributed by atoms with Crippen molar-refractivity contribution >= 4 is 0 Å². The summed E-state index contributed by atoms with van der Waals surface area (Å²) in [7, 11) is 1.60. The van der Waals surface area contributed by atoms with Crippen LogP contribution in [0.15, 0.2) is 42.5 Å². The van der Waals surface area contributed by atoms with Gasteiger partial charge in [-0.2, -0.15) is 0 Å². The molecule has 1 N–H and O–H groups in total. The van der Waals surface area contributed by atoms with Gasteiger partial charge in [-0.25, -0.2) is 0 Å². The molecule has 2 aromatic carbocycles. The summed E-state index contributed by atoms with van der Waals surface area (Å²) >= 11 is 0. The zero-order valence-corrected chi connectivity index (χ0v) is 12.2. The number of hydrogen-bond acceptors (Lipinski definition) is 3. The van der Waals surface area contributed by atoms with Crippen LogP contribution < -0.4 is 9.47 Å². The van der Waals surface area contributed by atoms with Crippen molar-refractivity contribution in [2.45, 2.75) is 13.5 Å². The molecule has 108 valence electrons. The summed E-state index contributed by atoms with van der Waals surface area (Å²) in [4.78, 5) is 0. The Balaban J connectivity index is 2.16. The fourth-order valence-electron chi connectivity index (χ4n) is 1.84. The molecule has 0 unspecified atom stereocenters. The Morgan fingerprint density at radius 2 is 1.86 bits per heavy atom. The summed E-state index contributed by atoms with van der Waals surface area (Å²) in [6.45, 7) is 2.34. The van der Waals surface area contributed by atoms with Crippen molar-refractivity contribution in [3.8, 4) is 23.3 Å². The average molecular weight is 282 g/mol. The normalized spacial score (nSPS) is 9.67. The van der Waals surface area contributed by atoms with Gasteiger partial charge in [0.2, 0.25) is 0 Å². The fraction of sp³-hybridized carbons (Fsp3) is 0.222. The van der Waals surface area contributed by atoms with Crippen molar-refractivity contribution in [1.29, 1.82) is 0 Å². The van der Waals surface area contributed by atoms with Crippen molar-refractivity contribution in [2.24, 2.45) is 0 Å². The minimum Gasteiger partial charge on any atom is -0.497 e. The number of aliphatic hydroxyl groups is 1. The Morgan fingerprint density at radius 3 is 2.52 bits per heavy atom. The Bertz CT molecular complexity index is 648. The van der Waals surface area contributed by atoms with E-state index in [-0.39, 0.29) is 6.61 Å². The maximum absolute atomic E-state index is 8.83. The van der Waals surface area contributed by atoms with Gasteiger partial charge in [0.1, 0.15) is 24.7 Å². The number of aliphatic hydroxyl groups excluding tert-OH is 1. The van der Waals surface area contributed by atoms with E-state index in [9.17, 15) is 0 Å². The third-order valence-electron chi connectivity index (χ3n) is 3.00. The van der Waals surface area contributed by atoms with Crippen LogP contribution in [0.5, 0.6) is 11.5 Å². The zero-order chi connectivity index (χ0) is 15.1. The van der Waals surface area contributed by atoms with E-state index in [0.29, 0.717) is 23.7 Å². The summed E-state index contributed by atoms with van der Waals surface area (Å²) in [5.41, 5.74) is 3.02. The number of aryl methyl sites for hydroxylation is 1. The highest BCUT2D eigenvalue weighted by atomic mass is 16.5. The molecular weight excluding hydrogens is 264 g/mol. The molecule has 0 heterocycles. The van der Waals surface area contributed by atoms with E-state index < -0.39 is 0 Å². The van der Waals surface area contributed by atoms with Crippen LogP contribution >= 0.6 is 0 Å². The summed E-state index contributed by atoms with van der Waals surface area (Å²) in [5.74, 6) is 6.90. The maximum Gasteiger partial charge on any atom is 0.135 e.